The summed E-state index contributed by atoms with van der Waals surface area (Å²) in [5.41, 5.74) is 3.04. The molecule has 0 aliphatic carbocycles. The Morgan fingerprint density at radius 2 is 2.14 bits per heavy atom. The van der Waals surface area contributed by atoms with E-state index in [0.717, 1.165) is 0 Å². The highest BCUT2D eigenvalue weighted by Gasteiger charge is 2.16. The van der Waals surface area contributed by atoms with Crippen LogP contribution in [0.15, 0.2) is 36.4 Å². The topological polar surface area (TPSA) is 80.0 Å². The Morgan fingerprint density at radius 1 is 1.38 bits per heavy atom. The number of carbonyl (C=O) groups excluding carboxylic acids is 1. The van der Waals surface area contributed by atoms with Crippen LogP contribution >= 0.6 is 11.6 Å². The van der Waals surface area contributed by atoms with Crippen LogP contribution in [0.5, 0.6) is 0 Å². The second kappa shape index (κ2) is 6.51. The van der Waals surface area contributed by atoms with E-state index in [4.69, 9.17) is 17.4 Å². The second-order valence-electron chi connectivity index (χ2n) is 4.42. The minimum atomic E-state index is -0.464. The summed E-state index contributed by atoms with van der Waals surface area (Å²) < 4.78 is 13.2. The molecule has 0 aliphatic rings. The van der Waals surface area contributed by atoms with Crippen molar-refractivity contribution in [2.45, 2.75) is 13.0 Å². The Hall–Kier alpha value is -2.18. The predicted molar refractivity (Wildman–Crippen MR) is 79.3 cm³/mol. The zero-order valence-electron chi connectivity index (χ0n) is 11.2. The number of benzene rings is 1. The van der Waals surface area contributed by atoms with Gasteiger partial charge in [0, 0.05) is 0 Å². The molecule has 7 heteroatoms. The maximum Gasteiger partial charge on any atom is 0.271 e. The molecule has 1 heterocycles. The Morgan fingerprint density at radius 3 is 2.81 bits per heavy atom. The van der Waals surface area contributed by atoms with E-state index in [2.05, 4.69) is 15.7 Å². The second-order valence-corrected chi connectivity index (χ2v) is 4.83. The van der Waals surface area contributed by atoms with Crippen LogP contribution in [0.3, 0.4) is 0 Å². The van der Waals surface area contributed by atoms with Crippen molar-refractivity contribution in [3.63, 3.8) is 0 Å². The van der Waals surface area contributed by atoms with E-state index in [1.165, 1.54) is 18.2 Å². The lowest BCUT2D eigenvalue weighted by Gasteiger charge is -2.15. The van der Waals surface area contributed by atoms with Gasteiger partial charge in [-0.25, -0.2) is 15.2 Å². The lowest BCUT2D eigenvalue weighted by atomic mass is 10.1. The fraction of sp³-hybridized carbons (Fsp3) is 0.143. The van der Waals surface area contributed by atoms with Gasteiger partial charge in [-0.15, -0.1) is 0 Å². The van der Waals surface area contributed by atoms with Gasteiger partial charge in [-0.3, -0.25) is 4.79 Å². The van der Waals surface area contributed by atoms with Crippen molar-refractivity contribution in [3.8, 4) is 0 Å². The van der Waals surface area contributed by atoms with Crippen LogP contribution in [0.1, 0.15) is 29.0 Å². The number of hydrogen-bond acceptors (Lipinski definition) is 4. The Balaban J connectivity index is 2.18. The molecule has 1 atom stereocenters. The molecule has 1 amide bonds. The maximum atomic E-state index is 13.2. The zero-order valence-corrected chi connectivity index (χ0v) is 12.0. The van der Waals surface area contributed by atoms with E-state index in [0.29, 0.717) is 11.4 Å². The highest BCUT2D eigenvalue weighted by Crippen LogP contribution is 2.18. The van der Waals surface area contributed by atoms with E-state index in [-0.39, 0.29) is 22.6 Å². The minimum Gasteiger partial charge on any atom is -0.344 e. The summed E-state index contributed by atoms with van der Waals surface area (Å²) in [4.78, 5) is 16.2. The first-order valence-corrected chi connectivity index (χ1v) is 6.58. The van der Waals surface area contributed by atoms with Gasteiger partial charge in [-0.05, 0) is 36.8 Å². The molecule has 1 unspecified atom stereocenters. The van der Waals surface area contributed by atoms with Gasteiger partial charge in [0.25, 0.3) is 5.91 Å². The first kappa shape index (κ1) is 15.2. The number of nitrogen functional groups attached to an aromatic ring is 1. The molecule has 1 aromatic heterocycles. The Bertz CT molecular complexity index is 665. The van der Waals surface area contributed by atoms with Crippen molar-refractivity contribution in [1.29, 1.82) is 0 Å². The van der Waals surface area contributed by atoms with Gasteiger partial charge in [0.15, 0.2) is 0 Å². The van der Waals surface area contributed by atoms with E-state index in [9.17, 15) is 9.18 Å². The molecule has 0 bridgehead atoms. The molecule has 5 nitrogen and oxygen atoms in total. The van der Waals surface area contributed by atoms with Crippen LogP contribution in [-0.4, -0.2) is 10.9 Å². The minimum absolute atomic E-state index is 0.0513. The molecule has 2 rings (SSSR count). The molecule has 4 N–H and O–H groups in total. The Kier molecular flexibility index (Phi) is 4.72. The van der Waals surface area contributed by atoms with Crippen LogP contribution < -0.4 is 16.6 Å². The largest absolute Gasteiger partial charge is 0.344 e. The first-order valence-electron chi connectivity index (χ1n) is 6.20. The first-order chi connectivity index (χ1) is 10.0. The highest BCUT2D eigenvalue weighted by atomic mass is 35.5. The average Bonchev–Trinajstić information content (AvgIpc) is 2.47. The monoisotopic (exact) mass is 308 g/mol. The summed E-state index contributed by atoms with van der Waals surface area (Å²) in [7, 11) is 0. The summed E-state index contributed by atoms with van der Waals surface area (Å²) in [6.45, 7) is 1.74. The molecule has 0 saturated carbocycles. The number of pyridine rings is 1. The SMILES string of the molecule is CC(NC(=O)c1nc(NN)ccc1Cl)c1cccc(F)c1. The zero-order chi connectivity index (χ0) is 15.4. The van der Waals surface area contributed by atoms with Gasteiger partial charge in [-0.2, -0.15) is 0 Å². The summed E-state index contributed by atoms with van der Waals surface area (Å²) in [5, 5.41) is 2.92. The lowest BCUT2D eigenvalue weighted by molar-refractivity contribution is 0.0935. The van der Waals surface area contributed by atoms with Crippen LogP contribution in [0.25, 0.3) is 0 Å². The third kappa shape index (κ3) is 3.68. The molecule has 0 radical (unpaired) electrons. The predicted octanol–water partition coefficient (Wildman–Crippen LogP) is 2.65. The maximum absolute atomic E-state index is 13.2. The number of amides is 1. The van der Waals surface area contributed by atoms with Gasteiger partial charge in [0.2, 0.25) is 0 Å². The number of hydrazine groups is 1. The number of aromatic nitrogens is 1. The Labute approximate surface area is 126 Å². The number of carbonyl (C=O) groups is 1. The van der Waals surface area contributed by atoms with Gasteiger partial charge in [0.05, 0.1) is 11.1 Å². The average molecular weight is 309 g/mol. The molecule has 0 saturated heterocycles. The van der Waals surface area contributed by atoms with Crippen molar-refractivity contribution in [3.05, 3.63) is 58.5 Å². The molecule has 2 aromatic rings. The molecule has 1 aromatic carbocycles. The van der Waals surface area contributed by atoms with Crippen LogP contribution in [0.2, 0.25) is 5.02 Å². The molecule has 0 spiro atoms. The third-order valence-electron chi connectivity index (χ3n) is 2.91. The van der Waals surface area contributed by atoms with E-state index >= 15 is 0 Å². The van der Waals surface area contributed by atoms with Crippen molar-refractivity contribution in [2.24, 2.45) is 5.84 Å². The van der Waals surface area contributed by atoms with E-state index < -0.39 is 5.91 Å². The van der Waals surface area contributed by atoms with Crippen molar-refractivity contribution in [2.75, 3.05) is 5.43 Å². The van der Waals surface area contributed by atoms with Crippen molar-refractivity contribution >= 4 is 23.3 Å². The van der Waals surface area contributed by atoms with E-state index in [1.807, 2.05) is 0 Å². The number of nitrogens with zero attached hydrogens (tertiary/aromatic N) is 1. The third-order valence-corrected chi connectivity index (χ3v) is 3.21. The van der Waals surface area contributed by atoms with Crippen LogP contribution in [-0.2, 0) is 0 Å². The summed E-state index contributed by atoms with van der Waals surface area (Å²) in [6, 6.07) is 8.68. The lowest BCUT2D eigenvalue weighted by Crippen LogP contribution is -2.28. The summed E-state index contributed by atoms with van der Waals surface area (Å²) in [5.74, 6) is 4.75. The molecular formula is C14H14ClFN4O. The number of anilines is 1. The van der Waals surface area contributed by atoms with Crippen molar-refractivity contribution in [1.82, 2.24) is 10.3 Å². The van der Waals surface area contributed by atoms with E-state index in [1.54, 1.807) is 25.1 Å². The smallest absolute Gasteiger partial charge is 0.271 e. The molecule has 21 heavy (non-hydrogen) atoms. The van der Waals surface area contributed by atoms with Gasteiger partial charge in [-0.1, -0.05) is 23.7 Å². The van der Waals surface area contributed by atoms with Gasteiger partial charge < -0.3 is 10.7 Å². The van der Waals surface area contributed by atoms with Crippen LogP contribution in [0.4, 0.5) is 10.2 Å². The molecular weight excluding hydrogens is 295 g/mol. The van der Waals surface area contributed by atoms with Gasteiger partial charge in [0.1, 0.15) is 17.3 Å². The highest BCUT2D eigenvalue weighted by molar-refractivity contribution is 6.33. The standard InChI is InChI=1S/C14H14ClFN4O/c1-8(9-3-2-4-10(16)7-9)18-14(21)13-11(15)5-6-12(19-13)20-17/h2-8H,17H2,1H3,(H,18,21)(H,19,20). The number of rotatable bonds is 4. The molecule has 0 fully saturated rings. The normalized spacial score (nSPS) is 11.8. The fourth-order valence-corrected chi connectivity index (χ4v) is 2.00. The molecule has 110 valence electrons. The van der Waals surface area contributed by atoms with Gasteiger partial charge >= 0.3 is 0 Å². The fourth-order valence-electron chi connectivity index (χ4n) is 1.81. The summed E-state index contributed by atoms with van der Waals surface area (Å²) in [6.07, 6.45) is 0. The number of nitrogens with one attached hydrogen (secondary N) is 2. The van der Waals surface area contributed by atoms with Crippen LogP contribution in [0, 0.1) is 5.82 Å². The number of halogens is 2. The quantitative estimate of drug-likeness (QED) is 0.599. The number of nitrogens with two attached hydrogens (primary N) is 1. The van der Waals surface area contributed by atoms with Crippen molar-refractivity contribution < 1.29 is 9.18 Å². The summed E-state index contributed by atoms with van der Waals surface area (Å²) >= 11 is 5.95. The number of hydrogen-bond donors (Lipinski definition) is 3. The molecule has 0 aliphatic heterocycles.